The number of alkyl halides is 6. The third-order valence-corrected chi connectivity index (χ3v) is 1.85. The van der Waals surface area contributed by atoms with Crippen LogP contribution in [0.1, 0.15) is 11.3 Å². The highest BCUT2D eigenvalue weighted by Gasteiger charge is 2.41. The van der Waals surface area contributed by atoms with Crippen LogP contribution in [0.4, 0.5) is 26.3 Å². The van der Waals surface area contributed by atoms with Crippen molar-refractivity contribution < 1.29 is 26.3 Å². The van der Waals surface area contributed by atoms with E-state index in [0.29, 0.717) is 12.3 Å². The molecule has 0 saturated heterocycles. The van der Waals surface area contributed by atoms with Crippen molar-refractivity contribution >= 4 is 11.6 Å². The number of hydrogen-bond donors (Lipinski definition) is 0. The summed E-state index contributed by atoms with van der Waals surface area (Å²) >= 11 is 4.98. The molecular formula is C7H2ClF6N. The lowest BCUT2D eigenvalue weighted by atomic mass is 10.2. The van der Waals surface area contributed by atoms with E-state index in [-0.39, 0.29) is 0 Å². The minimum Gasteiger partial charge on any atom is -0.250 e. The fourth-order valence-electron chi connectivity index (χ4n) is 0.860. The van der Waals surface area contributed by atoms with Gasteiger partial charge < -0.3 is 0 Å². The molecule has 1 rings (SSSR count). The third-order valence-electron chi connectivity index (χ3n) is 1.46. The number of rotatable bonds is 0. The summed E-state index contributed by atoms with van der Waals surface area (Å²) in [5, 5.41) is -1.43. The van der Waals surface area contributed by atoms with E-state index >= 15 is 0 Å². The van der Waals surface area contributed by atoms with E-state index < -0.39 is 28.6 Å². The molecule has 1 nitrogen and oxygen atoms in total. The van der Waals surface area contributed by atoms with Crippen LogP contribution in [-0.4, -0.2) is 4.98 Å². The molecule has 0 radical (unpaired) electrons. The Hall–Kier alpha value is -0.980. The van der Waals surface area contributed by atoms with Crippen LogP contribution in [-0.2, 0) is 12.4 Å². The fourth-order valence-corrected chi connectivity index (χ4v) is 1.19. The molecule has 0 atom stereocenters. The zero-order chi connectivity index (χ0) is 11.9. The Labute approximate surface area is 84.7 Å². The van der Waals surface area contributed by atoms with Gasteiger partial charge in [0.1, 0.15) is 0 Å². The molecule has 1 aromatic heterocycles. The van der Waals surface area contributed by atoms with Crippen LogP contribution in [0.25, 0.3) is 0 Å². The second-order valence-corrected chi connectivity index (χ2v) is 2.89. The number of halogens is 7. The summed E-state index contributed by atoms with van der Waals surface area (Å²) in [6.07, 6.45) is -9.52. The van der Waals surface area contributed by atoms with Crippen LogP contribution >= 0.6 is 11.6 Å². The molecule has 8 heteroatoms. The SMILES string of the molecule is FC(F)(F)c1ccnc(C(F)(F)F)c1Cl. The molecule has 0 aliphatic heterocycles. The Morgan fingerprint density at radius 3 is 1.93 bits per heavy atom. The minimum absolute atomic E-state index is 0.386. The maximum absolute atomic E-state index is 12.1. The molecule has 84 valence electrons. The first-order valence-corrected chi connectivity index (χ1v) is 3.80. The van der Waals surface area contributed by atoms with Crippen molar-refractivity contribution in [3.8, 4) is 0 Å². The third kappa shape index (κ3) is 2.53. The molecule has 1 aromatic rings. The molecule has 0 aliphatic carbocycles. The smallest absolute Gasteiger partial charge is 0.250 e. The summed E-state index contributed by atoms with van der Waals surface area (Å²) in [5.74, 6) is 0. The van der Waals surface area contributed by atoms with Crippen molar-refractivity contribution in [2.45, 2.75) is 12.4 Å². The molecule has 0 spiro atoms. The van der Waals surface area contributed by atoms with E-state index in [4.69, 9.17) is 11.6 Å². The van der Waals surface area contributed by atoms with E-state index in [1.807, 2.05) is 0 Å². The predicted octanol–water partition coefficient (Wildman–Crippen LogP) is 3.77. The first-order valence-electron chi connectivity index (χ1n) is 3.43. The van der Waals surface area contributed by atoms with Gasteiger partial charge in [-0.3, -0.25) is 4.98 Å². The van der Waals surface area contributed by atoms with Gasteiger partial charge in [0.05, 0.1) is 10.6 Å². The van der Waals surface area contributed by atoms with Gasteiger partial charge in [0.25, 0.3) is 0 Å². The topological polar surface area (TPSA) is 12.9 Å². The van der Waals surface area contributed by atoms with Crippen LogP contribution in [0.15, 0.2) is 12.3 Å². The van der Waals surface area contributed by atoms with Gasteiger partial charge in [-0.25, -0.2) is 0 Å². The predicted molar refractivity (Wildman–Crippen MR) is 39.3 cm³/mol. The van der Waals surface area contributed by atoms with Crippen molar-refractivity contribution in [2.75, 3.05) is 0 Å². The molecule has 0 fully saturated rings. The molecule has 0 bridgehead atoms. The molecule has 0 aromatic carbocycles. The van der Waals surface area contributed by atoms with Gasteiger partial charge in [0, 0.05) is 6.20 Å². The van der Waals surface area contributed by atoms with Gasteiger partial charge in [0.2, 0.25) is 0 Å². The molecule has 0 amide bonds. The second-order valence-electron chi connectivity index (χ2n) is 2.52. The van der Waals surface area contributed by atoms with Gasteiger partial charge in [-0.15, -0.1) is 0 Å². The standard InChI is InChI=1S/C7H2ClF6N/c8-4-3(6(9,10)11)1-2-15-5(4)7(12,13)14/h1-2H. The van der Waals surface area contributed by atoms with E-state index in [1.165, 1.54) is 0 Å². The lowest BCUT2D eigenvalue weighted by molar-refractivity contribution is -0.145. The van der Waals surface area contributed by atoms with E-state index in [1.54, 1.807) is 0 Å². The van der Waals surface area contributed by atoms with Crippen LogP contribution in [0.2, 0.25) is 5.02 Å². The Kier molecular flexibility index (Phi) is 2.86. The number of aromatic nitrogens is 1. The Bertz CT molecular complexity index is 336. The van der Waals surface area contributed by atoms with Crippen molar-refractivity contribution in [1.29, 1.82) is 0 Å². The highest BCUT2D eigenvalue weighted by atomic mass is 35.5. The summed E-state index contributed by atoms with van der Waals surface area (Å²) in [6.45, 7) is 0. The van der Waals surface area contributed by atoms with E-state index in [9.17, 15) is 26.3 Å². The quantitative estimate of drug-likeness (QED) is 0.638. The highest BCUT2D eigenvalue weighted by molar-refractivity contribution is 6.32. The van der Waals surface area contributed by atoms with Crippen molar-refractivity contribution in [3.63, 3.8) is 0 Å². The highest BCUT2D eigenvalue weighted by Crippen LogP contribution is 2.40. The van der Waals surface area contributed by atoms with Gasteiger partial charge in [-0.05, 0) is 6.07 Å². The summed E-state index contributed by atoms with van der Waals surface area (Å²) in [7, 11) is 0. The van der Waals surface area contributed by atoms with Crippen molar-refractivity contribution in [1.82, 2.24) is 4.98 Å². The largest absolute Gasteiger partial charge is 0.434 e. The Morgan fingerprint density at radius 2 is 1.53 bits per heavy atom. The van der Waals surface area contributed by atoms with E-state index in [0.717, 1.165) is 0 Å². The fraction of sp³-hybridized carbons (Fsp3) is 0.286. The summed E-state index contributed by atoms with van der Waals surface area (Å²) in [4.78, 5) is 2.77. The number of pyridine rings is 1. The monoisotopic (exact) mass is 249 g/mol. The molecular weight excluding hydrogens is 248 g/mol. The molecule has 0 unspecified atom stereocenters. The second kappa shape index (κ2) is 3.55. The average Bonchev–Trinajstić information content (AvgIpc) is 1.99. The number of nitrogens with zero attached hydrogens (tertiary/aromatic N) is 1. The molecule has 0 N–H and O–H groups in total. The molecule has 0 saturated carbocycles. The molecule has 0 aliphatic rings. The van der Waals surface area contributed by atoms with Crippen molar-refractivity contribution in [3.05, 3.63) is 28.5 Å². The normalized spacial score (nSPS) is 13.0. The lowest BCUT2D eigenvalue weighted by Crippen LogP contribution is -2.14. The number of hydrogen-bond acceptors (Lipinski definition) is 1. The Balaban J connectivity index is 3.37. The summed E-state index contributed by atoms with van der Waals surface area (Å²) < 4.78 is 72.7. The minimum atomic E-state index is -5.00. The zero-order valence-electron chi connectivity index (χ0n) is 6.75. The first-order chi connectivity index (χ1) is 6.64. The lowest BCUT2D eigenvalue weighted by Gasteiger charge is -2.12. The van der Waals surface area contributed by atoms with E-state index in [2.05, 4.69) is 4.98 Å². The molecule has 1 heterocycles. The van der Waals surface area contributed by atoms with Crippen LogP contribution < -0.4 is 0 Å². The molecule has 15 heavy (non-hydrogen) atoms. The summed E-state index contributed by atoms with van der Waals surface area (Å²) in [5.41, 5.74) is -3.29. The Morgan fingerprint density at radius 1 is 1.00 bits per heavy atom. The van der Waals surface area contributed by atoms with Gasteiger partial charge in [-0.2, -0.15) is 26.3 Å². The maximum Gasteiger partial charge on any atom is 0.434 e. The van der Waals surface area contributed by atoms with Crippen LogP contribution in [0.5, 0.6) is 0 Å². The van der Waals surface area contributed by atoms with Gasteiger partial charge in [0.15, 0.2) is 5.69 Å². The maximum atomic E-state index is 12.1. The van der Waals surface area contributed by atoms with Gasteiger partial charge >= 0.3 is 12.4 Å². The first kappa shape index (κ1) is 12.1. The van der Waals surface area contributed by atoms with Gasteiger partial charge in [-0.1, -0.05) is 11.6 Å². The summed E-state index contributed by atoms with van der Waals surface area (Å²) in [6, 6.07) is 0.386. The zero-order valence-corrected chi connectivity index (χ0v) is 7.50. The van der Waals surface area contributed by atoms with Crippen molar-refractivity contribution in [2.24, 2.45) is 0 Å². The van der Waals surface area contributed by atoms with Crippen LogP contribution in [0.3, 0.4) is 0 Å². The van der Waals surface area contributed by atoms with Crippen LogP contribution in [0, 0.1) is 0 Å². The average molecular weight is 250 g/mol.